The summed E-state index contributed by atoms with van der Waals surface area (Å²) >= 11 is 6.04. The van der Waals surface area contributed by atoms with Gasteiger partial charge in [-0.25, -0.2) is 8.42 Å². The predicted octanol–water partition coefficient (Wildman–Crippen LogP) is 3.30. The first-order valence-corrected chi connectivity index (χ1v) is 9.39. The summed E-state index contributed by atoms with van der Waals surface area (Å²) in [7, 11) is -3.80. The molecule has 128 valence electrons. The molecule has 0 heterocycles. The molecule has 0 aliphatic carbocycles. The van der Waals surface area contributed by atoms with Gasteiger partial charge in [-0.2, -0.15) is 0 Å². The van der Waals surface area contributed by atoms with Crippen LogP contribution in [0.15, 0.2) is 53.4 Å². The Kier molecular flexibility index (Phi) is 5.85. The summed E-state index contributed by atoms with van der Waals surface area (Å²) in [6.45, 7) is 4.23. The van der Waals surface area contributed by atoms with Crippen LogP contribution in [-0.2, 0) is 10.0 Å². The van der Waals surface area contributed by atoms with E-state index in [2.05, 4.69) is 5.32 Å². The molecule has 0 saturated carbocycles. The van der Waals surface area contributed by atoms with Gasteiger partial charge in [0.15, 0.2) is 0 Å². The van der Waals surface area contributed by atoms with Crippen LogP contribution in [0.1, 0.15) is 24.2 Å². The Morgan fingerprint density at radius 2 is 1.79 bits per heavy atom. The minimum Gasteiger partial charge on any atom is -0.352 e. The maximum atomic E-state index is 13.0. The van der Waals surface area contributed by atoms with Gasteiger partial charge < -0.3 is 5.32 Å². The van der Waals surface area contributed by atoms with Crippen molar-refractivity contribution < 1.29 is 13.2 Å². The second-order valence-electron chi connectivity index (χ2n) is 5.01. The molecular weight excluding hydrogens is 348 g/mol. The fourth-order valence-electron chi connectivity index (χ4n) is 2.31. The molecule has 0 aromatic heterocycles. The van der Waals surface area contributed by atoms with Gasteiger partial charge in [-0.15, -0.1) is 0 Å². The van der Waals surface area contributed by atoms with Crippen molar-refractivity contribution in [3.63, 3.8) is 0 Å². The first-order valence-electron chi connectivity index (χ1n) is 7.57. The van der Waals surface area contributed by atoms with E-state index >= 15 is 0 Å². The number of anilines is 1. The summed E-state index contributed by atoms with van der Waals surface area (Å²) in [5, 5.41) is 2.84. The first-order chi connectivity index (χ1) is 11.4. The minimum atomic E-state index is -3.80. The van der Waals surface area contributed by atoms with Crippen LogP contribution < -0.4 is 9.62 Å². The Morgan fingerprint density at radius 1 is 1.12 bits per heavy atom. The van der Waals surface area contributed by atoms with Crippen LogP contribution in [0.25, 0.3) is 0 Å². The van der Waals surface area contributed by atoms with Crippen LogP contribution >= 0.6 is 11.6 Å². The molecule has 2 aromatic rings. The van der Waals surface area contributed by atoms with Crippen molar-refractivity contribution in [1.82, 2.24) is 5.32 Å². The lowest BCUT2D eigenvalue weighted by molar-refractivity contribution is 0.0956. The summed E-state index contributed by atoms with van der Waals surface area (Å²) in [4.78, 5) is 12.1. The Balaban J connectivity index is 2.49. The quantitative estimate of drug-likeness (QED) is 0.852. The van der Waals surface area contributed by atoms with Gasteiger partial charge in [0, 0.05) is 13.1 Å². The molecule has 0 aliphatic heterocycles. The van der Waals surface area contributed by atoms with Crippen LogP contribution in [0.3, 0.4) is 0 Å². The lowest BCUT2D eigenvalue weighted by Gasteiger charge is -2.23. The lowest BCUT2D eigenvalue weighted by Crippen LogP contribution is -2.31. The Morgan fingerprint density at radius 3 is 2.38 bits per heavy atom. The second-order valence-corrected chi connectivity index (χ2v) is 7.28. The van der Waals surface area contributed by atoms with Gasteiger partial charge in [-0.1, -0.05) is 29.8 Å². The van der Waals surface area contributed by atoms with E-state index in [1.807, 2.05) is 6.07 Å². The molecule has 0 spiro atoms. The van der Waals surface area contributed by atoms with Crippen molar-refractivity contribution in [1.29, 1.82) is 0 Å². The summed E-state index contributed by atoms with van der Waals surface area (Å²) in [6.07, 6.45) is 0. The lowest BCUT2D eigenvalue weighted by atomic mass is 10.2. The van der Waals surface area contributed by atoms with Gasteiger partial charge in [-0.05, 0) is 44.2 Å². The number of amides is 1. The van der Waals surface area contributed by atoms with Crippen molar-refractivity contribution in [3.05, 3.63) is 59.1 Å². The van der Waals surface area contributed by atoms with Crippen molar-refractivity contribution in [2.24, 2.45) is 0 Å². The number of hydrogen-bond acceptors (Lipinski definition) is 3. The van der Waals surface area contributed by atoms with Gasteiger partial charge in [-0.3, -0.25) is 9.10 Å². The number of carbonyl (C=O) groups is 1. The minimum absolute atomic E-state index is 0.0267. The van der Waals surface area contributed by atoms with Gasteiger partial charge in [0.05, 0.1) is 21.2 Å². The van der Waals surface area contributed by atoms with Crippen molar-refractivity contribution >= 4 is 33.2 Å². The van der Waals surface area contributed by atoms with Crippen LogP contribution in [-0.4, -0.2) is 27.4 Å². The van der Waals surface area contributed by atoms with Gasteiger partial charge in [0.2, 0.25) is 0 Å². The number of halogens is 1. The smallest absolute Gasteiger partial charge is 0.264 e. The molecule has 0 aliphatic rings. The van der Waals surface area contributed by atoms with E-state index in [-0.39, 0.29) is 22.0 Å². The molecule has 0 bridgehead atoms. The normalized spacial score (nSPS) is 11.1. The number of hydrogen-bond donors (Lipinski definition) is 1. The predicted molar refractivity (Wildman–Crippen MR) is 96.1 cm³/mol. The SMILES string of the molecule is CCNC(=O)c1cc(S(=O)(=O)N(CC)c2ccccc2)ccc1Cl. The molecule has 2 aromatic carbocycles. The number of para-hydroxylation sites is 1. The average Bonchev–Trinajstić information content (AvgIpc) is 2.56. The molecule has 2 rings (SSSR count). The topological polar surface area (TPSA) is 66.5 Å². The molecule has 0 saturated heterocycles. The maximum Gasteiger partial charge on any atom is 0.264 e. The molecular formula is C17H19ClN2O3S. The largest absolute Gasteiger partial charge is 0.352 e. The Bertz CT molecular complexity index is 823. The van der Waals surface area contributed by atoms with E-state index in [9.17, 15) is 13.2 Å². The highest BCUT2D eigenvalue weighted by atomic mass is 35.5. The molecule has 5 nitrogen and oxygen atoms in total. The first kappa shape index (κ1) is 18.3. The summed E-state index contributed by atoms with van der Waals surface area (Å²) in [5.41, 5.74) is 0.707. The molecule has 1 N–H and O–H groups in total. The van der Waals surface area contributed by atoms with E-state index in [0.717, 1.165) is 0 Å². The monoisotopic (exact) mass is 366 g/mol. The zero-order valence-corrected chi connectivity index (χ0v) is 15.1. The molecule has 0 radical (unpaired) electrons. The second kappa shape index (κ2) is 7.68. The fourth-order valence-corrected chi connectivity index (χ4v) is 4.01. The van der Waals surface area contributed by atoms with E-state index < -0.39 is 15.9 Å². The summed E-state index contributed by atoms with van der Waals surface area (Å²) in [5.74, 6) is -0.401. The maximum absolute atomic E-state index is 13.0. The van der Waals surface area contributed by atoms with Gasteiger partial charge in [0.25, 0.3) is 15.9 Å². The standard InChI is InChI=1S/C17H19ClN2O3S/c1-3-19-17(21)15-12-14(10-11-16(15)18)24(22,23)20(4-2)13-8-6-5-7-9-13/h5-12H,3-4H2,1-2H3,(H,19,21). The highest BCUT2D eigenvalue weighted by Crippen LogP contribution is 2.26. The Hall–Kier alpha value is -2.05. The van der Waals surface area contributed by atoms with Crippen LogP contribution in [0.5, 0.6) is 0 Å². The van der Waals surface area contributed by atoms with Crippen molar-refractivity contribution in [2.75, 3.05) is 17.4 Å². The zero-order chi connectivity index (χ0) is 17.7. The molecule has 7 heteroatoms. The van der Waals surface area contributed by atoms with E-state index in [0.29, 0.717) is 12.2 Å². The number of sulfonamides is 1. The third-order valence-corrected chi connectivity index (χ3v) is 5.67. The van der Waals surface area contributed by atoms with E-state index in [1.54, 1.807) is 38.1 Å². The molecule has 0 unspecified atom stereocenters. The highest BCUT2D eigenvalue weighted by Gasteiger charge is 2.25. The average molecular weight is 367 g/mol. The number of nitrogens with one attached hydrogen (secondary N) is 1. The fraction of sp³-hybridized carbons (Fsp3) is 0.235. The summed E-state index contributed by atoms with van der Waals surface area (Å²) < 4.78 is 27.2. The van der Waals surface area contributed by atoms with E-state index in [1.165, 1.54) is 22.5 Å². The molecule has 1 amide bonds. The number of nitrogens with zero attached hydrogens (tertiary/aromatic N) is 1. The van der Waals surface area contributed by atoms with Crippen LogP contribution in [0.2, 0.25) is 5.02 Å². The van der Waals surface area contributed by atoms with E-state index in [4.69, 9.17) is 11.6 Å². The highest BCUT2D eigenvalue weighted by molar-refractivity contribution is 7.92. The third kappa shape index (κ3) is 3.71. The summed E-state index contributed by atoms with van der Waals surface area (Å²) in [6, 6.07) is 13.0. The van der Waals surface area contributed by atoms with Gasteiger partial charge >= 0.3 is 0 Å². The third-order valence-electron chi connectivity index (χ3n) is 3.44. The number of benzene rings is 2. The molecule has 0 fully saturated rings. The van der Waals surface area contributed by atoms with Gasteiger partial charge in [0.1, 0.15) is 0 Å². The van der Waals surface area contributed by atoms with Crippen molar-refractivity contribution in [2.45, 2.75) is 18.7 Å². The number of rotatable bonds is 6. The Labute approximate surface area is 147 Å². The zero-order valence-electron chi connectivity index (χ0n) is 13.5. The molecule has 0 atom stereocenters. The van der Waals surface area contributed by atoms with Crippen molar-refractivity contribution in [3.8, 4) is 0 Å². The van der Waals surface area contributed by atoms with Crippen LogP contribution in [0.4, 0.5) is 5.69 Å². The number of carbonyl (C=O) groups excluding carboxylic acids is 1. The molecule has 24 heavy (non-hydrogen) atoms. The van der Waals surface area contributed by atoms with Crippen LogP contribution in [0, 0.1) is 0 Å².